The van der Waals surface area contributed by atoms with Gasteiger partial charge in [0.15, 0.2) is 0 Å². The third-order valence-corrected chi connectivity index (χ3v) is 6.15. The maximum atomic E-state index is 13.4. The largest absolute Gasteiger partial charge is 0.462 e. The Balaban J connectivity index is 1.35. The molecule has 3 heterocycles. The number of ether oxygens (including phenoxy) is 2. The number of rotatable bonds is 7. The molecule has 0 saturated carbocycles. The van der Waals surface area contributed by atoms with Gasteiger partial charge in [0.25, 0.3) is 5.91 Å². The summed E-state index contributed by atoms with van der Waals surface area (Å²) >= 11 is 0. The van der Waals surface area contributed by atoms with E-state index < -0.39 is 12.0 Å². The van der Waals surface area contributed by atoms with Crippen LogP contribution in [-0.2, 0) is 19.1 Å². The lowest BCUT2D eigenvalue weighted by Gasteiger charge is -2.19. The summed E-state index contributed by atoms with van der Waals surface area (Å²) in [6, 6.07) is 13.4. The zero-order chi connectivity index (χ0) is 23.7. The number of imidazole rings is 1. The number of aromatic nitrogens is 2. The van der Waals surface area contributed by atoms with E-state index in [0.717, 1.165) is 23.9 Å². The first-order chi connectivity index (χ1) is 16.5. The summed E-state index contributed by atoms with van der Waals surface area (Å²) < 4.78 is 12.6. The number of para-hydroxylation sites is 2. The number of nitrogens with one attached hydrogen (secondary N) is 1. The van der Waals surface area contributed by atoms with E-state index in [4.69, 9.17) is 9.47 Å². The van der Waals surface area contributed by atoms with Crippen molar-refractivity contribution in [1.82, 2.24) is 9.55 Å². The summed E-state index contributed by atoms with van der Waals surface area (Å²) in [5, 5.41) is 2.83. The first-order valence-electron chi connectivity index (χ1n) is 11.5. The van der Waals surface area contributed by atoms with Gasteiger partial charge in [-0.1, -0.05) is 12.1 Å². The lowest BCUT2D eigenvalue weighted by Crippen LogP contribution is -2.37. The molecule has 0 bridgehead atoms. The fourth-order valence-electron chi connectivity index (χ4n) is 4.55. The van der Waals surface area contributed by atoms with Gasteiger partial charge < -0.3 is 14.8 Å². The van der Waals surface area contributed by atoms with E-state index in [1.807, 2.05) is 28.8 Å². The molecule has 1 fully saturated rings. The normalized spacial score (nSPS) is 19.4. The van der Waals surface area contributed by atoms with E-state index in [9.17, 15) is 14.4 Å². The first kappa shape index (κ1) is 22.1. The standard InChI is InChI=1S/C25H26N4O5/c1-2-33-24(32)16-9-11-17(12-10-16)26-22(30)14-21-23(31)28(15-18-6-5-13-34-18)25-27-19-7-3-4-8-20(19)29(21)25/h3-4,7-12,18,21H,2,5-6,13-15H2,1H3,(H,26,30)/t18-,21-/m0/s1. The Morgan fingerprint density at radius 1 is 1.18 bits per heavy atom. The van der Waals surface area contributed by atoms with Crippen LogP contribution in [0.3, 0.4) is 0 Å². The molecule has 9 heteroatoms. The summed E-state index contributed by atoms with van der Waals surface area (Å²) in [4.78, 5) is 44.5. The highest BCUT2D eigenvalue weighted by Crippen LogP contribution is 2.37. The second kappa shape index (κ2) is 9.26. The Bertz CT molecular complexity index is 1230. The molecule has 0 aliphatic carbocycles. The summed E-state index contributed by atoms with van der Waals surface area (Å²) in [6.07, 6.45) is 1.82. The average Bonchev–Trinajstić information content (AvgIpc) is 3.54. The molecule has 2 atom stereocenters. The van der Waals surface area contributed by atoms with Crippen LogP contribution in [0.1, 0.15) is 42.6 Å². The first-order valence-corrected chi connectivity index (χ1v) is 11.5. The molecular weight excluding hydrogens is 436 g/mol. The van der Waals surface area contributed by atoms with Gasteiger partial charge in [0.05, 0.1) is 42.3 Å². The maximum absolute atomic E-state index is 13.4. The highest BCUT2D eigenvalue weighted by atomic mass is 16.5. The molecular formula is C25H26N4O5. The van der Waals surface area contributed by atoms with Crippen molar-refractivity contribution in [1.29, 1.82) is 0 Å². The van der Waals surface area contributed by atoms with Crippen molar-refractivity contribution in [2.24, 2.45) is 0 Å². The molecule has 5 rings (SSSR count). The Morgan fingerprint density at radius 3 is 2.71 bits per heavy atom. The van der Waals surface area contributed by atoms with E-state index in [1.54, 1.807) is 36.1 Å². The topological polar surface area (TPSA) is 103 Å². The Labute approximate surface area is 196 Å². The van der Waals surface area contributed by atoms with Crippen LogP contribution in [-0.4, -0.2) is 53.2 Å². The van der Waals surface area contributed by atoms with Crippen LogP contribution in [0.25, 0.3) is 11.0 Å². The van der Waals surface area contributed by atoms with Crippen molar-refractivity contribution in [2.75, 3.05) is 30.0 Å². The second-order valence-electron chi connectivity index (χ2n) is 8.42. The summed E-state index contributed by atoms with van der Waals surface area (Å²) in [5.74, 6) is -0.317. The zero-order valence-corrected chi connectivity index (χ0v) is 18.9. The van der Waals surface area contributed by atoms with Crippen LogP contribution in [0.2, 0.25) is 0 Å². The van der Waals surface area contributed by atoms with Gasteiger partial charge in [-0.25, -0.2) is 9.78 Å². The minimum Gasteiger partial charge on any atom is -0.462 e. The predicted octanol–water partition coefficient (Wildman–Crippen LogP) is 3.31. The smallest absolute Gasteiger partial charge is 0.338 e. The SMILES string of the molecule is CCOC(=O)c1ccc(NC(=O)C[C@H]2C(=O)N(C[C@@H]3CCCO3)c3nc4ccccc4n32)cc1. The number of fused-ring (bicyclic) bond motifs is 3. The Kier molecular flexibility index (Phi) is 6.02. The van der Waals surface area contributed by atoms with Gasteiger partial charge in [-0.3, -0.25) is 19.1 Å². The van der Waals surface area contributed by atoms with Gasteiger partial charge in [0, 0.05) is 12.3 Å². The molecule has 2 aliphatic heterocycles. The number of hydrogen-bond acceptors (Lipinski definition) is 6. The molecule has 9 nitrogen and oxygen atoms in total. The molecule has 0 radical (unpaired) electrons. The van der Waals surface area contributed by atoms with Crippen molar-refractivity contribution in [3.05, 3.63) is 54.1 Å². The average molecular weight is 463 g/mol. The van der Waals surface area contributed by atoms with Crippen molar-refractivity contribution in [3.8, 4) is 0 Å². The quantitative estimate of drug-likeness (QED) is 0.541. The fourth-order valence-corrected chi connectivity index (χ4v) is 4.55. The lowest BCUT2D eigenvalue weighted by atomic mass is 10.1. The number of carbonyl (C=O) groups is 3. The molecule has 2 amide bonds. The number of hydrogen-bond donors (Lipinski definition) is 1. The number of amides is 2. The van der Waals surface area contributed by atoms with Crippen molar-refractivity contribution < 1.29 is 23.9 Å². The number of anilines is 2. The molecule has 1 saturated heterocycles. The molecule has 34 heavy (non-hydrogen) atoms. The summed E-state index contributed by atoms with van der Waals surface area (Å²) in [6.45, 7) is 3.16. The third-order valence-electron chi connectivity index (χ3n) is 6.15. The fraction of sp³-hybridized carbons (Fsp3) is 0.360. The van der Waals surface area contributed by atoms with Gasteiger partial charge >= 0.3 is 5.97 Å². The Morgan fingerprint density at radius 2 is 1.97 bits per heavy atom. The molecule has 1 N–H and O–H groups in total. The van der Waals surface area contributed by atoms with Crippen molar-refractivity contribution in [3.63, 3.8) is 0 Å². The van der Waals surface area contributed by atoms with Gasteiger partial charge in [0.1, 0.15) is 6.04 Å². The van der Waals surface area contributed by atoms with Crippen LogP contribution < -0.4 is 10.2 Å². The number of esters is 1. The monoisotopic (exact) mass is 462 g/mol. The molecule has 0 unspecified atom stereocenters. The molecule has 1 aromatic heterocycles. The van der Waals surface area contributed by atoms with Gasteiger partial charge in [-0.2, -0.15) is 0 Å². The molecule has 0 spiro atoms. The van der Waals surface area contributed by atoms with Crippen LogP contribution in [0.4, 0.5) is 11.6 Å². The highest BCUT2D eigenvalue weighted by molar-refractivity contribution is 6.05. The van der Waals surface area contributed by atoms with E-state index >= 15 is 0 Å². The molecule has 176 valence electrons. The number of carbonyl (C=O) groups excluding carboxylic acids is 3. The van der Waals surface area contributed by atoms with E-state index in [-0.39, 0.29) is 24.3 Å². The Hall–Kier alpha value is -3.72. The number of nitrogens with zero attached hydrogens (tertiary/aromatic N) is 3. The van der Waals surface area contributed by atoms with Crippen molar-refractivity contribution >= 4 is 40.5 Å². The minimum atomic E-state index is -0.692. The number of benzene rings is 2. The van der Waals surface area contributed by atoms with Gasteiger partial charge in [-0.05, 0) is 56.2 Å². The van der Waals surface area contributed by atoms with E-state index in [1.165, 1.54) is 0 Å². The molecule has 3 aromatic rings. The van der Waals surface area contributed by atoms with Crippen LogP contribution in [0, 0.1) is 0 Å². The molecule has 2 aliphatic rings. The van der Waals surface area contributed by atoms with Crippen LogP contribution in [0.5, 0.6) is 0 Å². The summed E-state index contributed by atoms with van der Waals surface area (Å²) in [5.41, 5.74) is 2.54. The zero-order valence-electron chi connectivity index (χ0n) is 18.9. The van der Waals surface area contributed by atoms with E-state index in [2.05, 4.69) is 10.3 Å². The highest BCUT2D eigenvalue weighted by Gasteiger charge is 2.42. The lowest BCUT2D eigenvalue weighted by molar-refractivity contribution is -0.124. The van der Waals surface area contributed by atoms with Crippen LogP contribution >= 0.6 is 0 Å². The van der Waals surface area contributed by atoms with Crippen molar-refractivity contribution in [2.45, 2.75) is 38.3 Å². The predicted molar refractivity (Wildman–Crippen MR) is 126 cm³/mol. The third kappa shape index (κ3) is 4.14. The molecule has 2 aromatic carbocycles. The van der Waals surface area contributed by atoms with Gasteiger partial charge in [-0.15, -0.1) is 0 Å². The van der Waals surface area contributed by atoms with Gasteiger partial charge in [0.2, 0.25) is 11.9 Å². The minimum absolute atomic E-state index is 0.0253. The van der Waals surface area contributed by atoms with Crippen LogP contribution in [0.15, 0.2) is 48.5 Å². The second-order valence-corrected chi connectivity index (χ2v) is 8.42. The van der Waals surface area contributed by atoms with E-state index in [0.29, 0.717) is 37.0 Å². The maximum Gasteiger partial charge on any atom is 0.338 e. The summed E-state index contributed by atoms with van der Waals surface area (Å²) in [7, 11) is 0.